The van der Waals surface area contributed by atoms with E-state index in [0.29, 0.717) is 22.6 Å². The van der Waals surface area contributed by atoms with Gasteiger partial charge in [-0.05, 0) is 42.8 Å². The number of anilines is 1. The van der Waals surface area contributed by atoms with Gasteiger partial charge in [0.25, 0.3) is 5.91 Å². The molecule has 0 saturated carbocycles. The van der Waals surface area contributed by atoms with E-state index in [-0.39, 0.29) is 17.9 Å². The average molecular weight is 337 g/mol. The second-order valence-corrected chi connectivity index (χ2v) is 6.49. The van der Waals surface area contributed by atoms with Crippen molar-refractivity contribution in [3.63, 3.8) is 0 Å². The Bertz CT molecular complexity index is 840. The molecule has 2 aromatic rings. The number of fused-ring (bicyclic) bond motifs is 1. The van der Waals surface area contributed by atoms with Crippen molar-refractivity contribution in [1.29, 1.82) is 5.26 Å². The second kappa shape index (κ2) is 6.77. The van der Waals surface area contributed by atoms with E-state index < -0.39 is 0 Å². The van der Waals surface area contributed by atoms with Crippen molar-refractivity contribution in [3.8, 4) is 6.07 Å². The number of carbonyl (C=O) groups excluding carboxylic acids is 2. The number of amides is 2. The summed E-state index contributed by atoms with van der Waals surface area (Å²) in [7, 11) is 0. The first-order chi connectivity index (χ1) is 11.6. The van der Waals surface area contributed by atoms with Crippen molar-refractivity contribution in [1.82, 2.24) is 5.32 Å². The third kappa shape index (κ3) is 3.42. The molecule has 1 unspecified atom stereocenters. The molecule has 1 aliphatic heterocycles. The smallest absolute Gasteiger partial charge is 0.251 e. The minimum Gasteiger partial charge on any atom is -0.346 e. The summed E-state index contributed by atoms with van der Waals surface area (Å²) in [5.74, 6) is 0.129. The fraction of sp³-hybridized carbons (Fsp3) is 0.167. The molecular weight excluding hydrogens is 322 g/mol. The fourth-order valence-corrected chi connectivity index (χ4v) is 3.22. The molecule has 2 N–H and O–H groups in total. The van der Waals surface area contributed by atoms with Crippen LogP contribution in [0.3, 0.4) is 0 Å². The predicted molar refractivity (Wildman–Crippen MR) is 92.8 cm³/mol. The molecule has 2 aromatic carbocycles. The molecule has 0 spiro atoms. The number of nitriles is 1. The summed E-state index contributed by atoms with van der Waals surface area (Å²) in [6, 6.07) is 14.3. The number of carbonyl (C=O) groups is 2. The molecule has 1 heterocycles. The molecule has 0 fully saturated rings. The quantitative estimate of drug-likeness (QED) is 0.902. The Hall–Kier alpha value is -2.78. The van der Waals surface area contributed by atoms with Gasteiger partial charge in [0.15, 0.2) is 0 Å². The van der Waals surface area contributed by atoms with Crippen LogP contribution in [0, 0.1) is 11.3 Å². The molecule has 0 aromatic heterocycles. The van der Waals surface area contributed by atoms with Gasteiger partial charge >= 0.3 is 0 Å². The van der Waals surface area contributed by atoms with Crippen LogP contribution in [0.4, 0.5) is 5.69 Å². The number of nitrogens with one attached hydrogen (secondary N) is 2. The van der Waals surface area contributed by atoms with Crippen LogP contribution < -0.4 is 10.6 Å². The number of hydrogen-bond donors (Lipinski definition) is 2. The Morgan fingerprint density at radius 2 is 2.04 bits per heavy atom. The number of nitrogens with zero attached hydrogens (tertiary/aromatic N) is 1. The third-order valence-corrected chi connectivity index (χ3v) is 4.84. The van der Waals surface area contributed by atoms with Gasteiger partial charge in [0.2, 0.25) is 5.91 Å². The summed E-state index contributed by atoms with van der Waals surface area (Å²) in [4.78, 5) is 24.9. The molecule has 6 heteroatoms. The van der Waals surface area contributed by atoms with Gasteiger partial charge in [0.1, 0.15) is 0 Å². The van der Waals surface area contributed by atoms with E-state index in [4.69, 9.17) is 5.26 Å². The van der Waals surface area contributed by atoms with Crippen molar-refractivity contribution in [2.24, 2.45) is 0 Å². The highest BCUT2D eigenvalue weighted by Crippen LogP contribution is 2.32. The highest BCUT2D eigenvalue weighted by atomic mass is 32.2. The normalized spacial score (nSPS) is 14.1. The van der Waals surface area contributed by atoms with Crippen molar-refractivity contribution in [2.45, 2.75) is 17.9 Å². The van der Waals surface area contributed by atoms with Crippen LogP contribution in [0.1, 0.15) is 34.5 Å². The van der Waals surface area contributed by atoms with Crippen molar-refractivity contribution >= 4 is 29.3 Å². The lowest BCUT2D eigenvalue weighted by Crippen LogP contribution is -2.27. The largest absolute Gasteiger partial charge is 0.346 e. The lowest BCUT2D eigenvalue weighted by Gasteiger charge is -2.18. The highest BCUT2D eigenvalue weighted by molar-refractivity contribution is 8.00. The topological polar surface area (TPSA) is 82.0 Å². The SMILES string of the molecule is CC(NC(=O)c1ccc2c(c1)NC(=O)CS2)c1ccc(C#N)cc1. The Kier molecular flexibility index (Phi) is 4.54. The third-order valence-electron chi connectivity index (χ3n) is 3.76. The van der Waals surface area contributed by atoms with E-state index >= 15 is 0 Å². The summed E-state index contributed by atoms with van der Waals surface area (Å²) in [5.41, 5.74) is 2.68. The zero-order valence-corrected chi connectivity index (χ0v) is 13.8. The van der Waals surface area contributed by atoms with Crippen LogP contribution in [-0.2, 0) is 4.79 Å². The second-order valence-electron chi connectivity index (χ2n) is 5.48. The van der Waals surface area contributed by atoms with Gasteiger partial charge in [-0.15, -0.1) is 11.8 Å². The molecule has 0 radical (unpaired) electrons. The molecule has 1 atom stereocenters. The zero-order valence-electron chi connectivity index (χ0n) is 13.0. The Balaban J connectivity index is 1.73. The Morgan fingerprint density at radius 3 is 2.75 bits per heavy atom. The van der Waals surface area contributed by atoms with E-state index in [1.165, 1.54) is 11.8 Å². The van der Waals surface area contributed by atoms with Crippen LogP contribution in [0.15, 0.2) is 47.4 Å². The number of rotatable bonds is 3. The van der Waals surface area contributed by atoms with Crippen LogP contribution in [0.5, 0.6) is 0 Å². The van der Waals surface area contributed by atoms with E-state index in [1.807, 2.05) is 25.1 Å². The van der Waals surface area contributed by atoms with Crippen molar-refractivity contribution in [3.05, 3.63) is 59.2 Å². The maximum Gasteiger partial charge on any atom is 0.251 e. The van der Waals surface area contributed by atoms with Crippen LogP contribution in [0.2, 0.25) is 0 Å². The monoisotopic (exact) mass is 337 g/mol. The molecule has 0 aliphatic carbocycles. The van der Waals surface area contributed by atoms with Gasteiger partial charge in [0, 0.05) is 10.5 Å². The van der Waals surface area contributed by atoms with Gasteiger partial charge in [0.05, 0.1) is 29.1 Å². The highest BCUT2D eigenvalue weighted by Gasteiger charge is 2.18. The number of hydrogen-bond acceptors (Lipinski definition) is 4. The van der Waals surface area contributed by atoms with E-state index in [9.17, 15) is 9.59 Å². The lowest BCUT2D eigenvalue weighted by atomic mass is 10.1. The zero-order chi connectivity index (χ0) is 17.1. The first kappa shape index (κ1) is 16.1. The van der Waals surface area contributed by atoms with Crippen LogP contribution in [-0.4, -0.2) is 17.6 Å². The van der Waals surface area contributed by atoms with E-state index in [2.05, 4.69) is 16.7 Å². The molecule has 24 heavy (non-hydrogen) atoms. The molecular formula is C18H15N3O2S. The minimum absolute atomic E-state index is 0.0593. The maximum atomic E-state index is 12.4. The Morgan fingerprint density at radius 1 is 1.29 bits per heavy atom. The predicted octanol–water partition coefficient (Wildman–Crippen LogP) is 3.09. The molecule has 2 amide bonds. The summed E-state index contributed by atoms with van der Waals surface area (Å²) in [5, 5.41) is 14.5. The summed E-state index contributed by atoms with van der Waals surface area (Å²) < 4.78 is 0. The van der Waals surface area contributed by atoms with Gasteiger partial charge in [-0.2, -0.15) is 5.26 Å². The lowest BCUT2D eigenvalue weighted by molar-refractivity contribution is -0.113. The van der Waals surface area contributed by atoms with Gasteiger partial charge in [-0.3, -0.25) is 9.59 Å². The maximum absolute atomic E-state index is 12.4. The summed E-state index contributed by atoms with van der Waals surface area (Å²) in [6.45, 7) is 1.88. The van der Waals surface area contributed by atoms with Gasteiger partial charge < -0.3 is 10.6 Å². The van der Waals surface area contributed by atoms with Crippen LogP contribution >= 0.6 is 11.8 Å². The van der Waals surface area contributed by atoms with Gasteiger partial charge in [-0.1, -0.05) is 12.1 Å². The fourth-order valence-electron chi connectivity index (χ4n) is 2.43. The molecule has 120 valence electrons. The minimum atomic E-state index is -0.209. The first-order valence-corrected chi connectivity index (χ1v) is 8.43. The first-order valence-electron chi connectivity index (χ1n) is 7.44. The average Bonchev–Trinajstić information content (AvgIpc) is 2.61. The number of benzene rings is 2. The molecule has 0 bridgehead atoms. The molecule has 3 rings (SSSR count). The molecule has 1 aliphatic rings. The molecule has 5 nitrogen and oxygen atoms in total. The Labute approximate surface area is 144 Å². The van der Waals surface area contributed by atoms with Crippen LogP contribution in [0.25, 0.3) is 0 Å². The summed E-state index contributed by atoms with van der Waals surface area (Å²) >= 11 is 1.46. The van der Waals surface area contributed by atoms with E-state index in [1.54, 1.807) is 24.3 Å². The van der Waals surface area contributed by atoms with Crippen molar-refractivity contribution in [2.75, 3.05) is 11.1 Å². The molecule has 0 saturated heterocycles. The number of thioether (sulfide) groups is 1. The van der Waals surface area contributed by atoms with E-state index in [0.717, 1.165) is 10.5 Å². The van der Waals surface area contributed by atoms with Gasteiger partial charge in [-0.25, -0.2) is 0 Å². The summed E-state index contributed by atoms with van der Waals surface area (Å²) in [6.07, 6.45) is 0. The standard InChI is InChI=1S/C18H15N3O2S/c1-11(13-4-2-12(9-19)3-5-13)20-18(23)14-6-7-16-15(8-14)21-17(22)10-24-16/h2-8,11H,10H2,1H3,(H,20,23)(H,21,22). The van der Waals surface area contributed by atoms with Crippen molar-refractivity contribution < 1.29 is 9.59 Å².